The zero-order valence-corrected chi connectivity index (χ0v) is 9.95. The Morgan fingerprint density at radius 2 is 1.71 bits per heavy atom. The number of anilines is 1. The van der Waals surface area contributed by atoms with Crippen LogP contribution in [0.15, 0.2) is 12.1 Å². The predicted molar refractivity (Wildman–Crippen MR) is 59.1 cm³/mol. The average Bonchev–Trinajstić information content (AvgIpc) is 2.18. The molecular formula is C10H12F3NO2S. The fourth-order valence-corrected chi connectivity index (χ4v) is 1.88. The molecule has 1 aromatic carbocycles. The van der Waals surface area contributed by atoms with Crippen LogP contribution in [0.2, 0.25) is 0 Å². The molecule has 0 fully saturated rings. The Labute approximate surface area is 97.6 Å². The van der Waals surface area contributed by atoms with Gasteiger partial charge in [-0.15, -0.1) is 0 Å². The second-order valence-corrected chi connectivity index (χ2v) is 5.92. The topological polar surface area (TPSA) is 46.2 Å². The second kappa shape index (κ2) is 5.39. The van der Waals surface area contributed by atoms with Crippen LogP contribution in [0.25, 0.3) is 0 Å². The molecule has 3 nitrogen and oxygen atoms in total. The van der Waals surface area contributed by atoms with Crippen molar-refractivity contribution >= 4 is 15.5 Å². The van der Waals surface area contributed by atoms with Gasteiger partial charge in [0.2, 0.25) is 0 Å². The van der Waals surface area contributed by atoms with Crippen molar-refractivity contribution in [2.45, 2.75) is 6.42 Å². The lowest BCUT2D eigenvalue weighted by molar-refractivity contribution is 0.496. The summed E-state index contributed by atoms with van der Waals surface area (Å²) in [6, 6.07) is 1.14. The van der Waals surface area contributed by atoms with Crippen LogP contribution < -0.4 is 5.32 Å². The number of sulfone groups is 1. The maximum Gasteiger partial charge on any atom is 0.161 e. The third-order valence-corrected chi connectivity index (χ3v) is 3.05. The Morgan fingerprint density at radius 1 is 1.12 bits per heavy atom. The number of hydrogen-bond acceptors (Lipinski definition) is 3. The highest BCUT2D eigenvalue weighted by atomic mass is 32.2. The summed E-state index contributed by atoms with van der Waals surface area (Å²) >= 11 is 0. The fourth-order valence-electron chi connectivity index (χ4n) is 1.22. The van der Waals surface area contributed by atoms with Gasteiger partial charge >= 0.3 is 0 Å². The van der Waals surface area contributed by atoms with E-state index in [4.69, 9.17) is 0 Å². The zero-order valence-electron chi connectivity index (χ0n) is 9.13. The summed E-state index contributed by atoms with van der Waals surface area (Å²) in [4.78, 5) is 0. The van der Waals surface area contributed by atoms with Crippen LogP contribution in [0, 0.1) is 17.5 Å². The minimum absolute atomic E-state index is 0.0503. The summed E-state index contributed by atoms with van der Waals surface area (Å²) in [5.74, 6) is -3.38. The summed E-state index contributed by atoms with van der Waals surface area (Å²) < 4.78 is 60.1. The highest BCUT2D eigenvalue weighted by molar-refractivity contribution is 7.90. The van der Waals surface area contributed by atoms with E-state index in [0.717, 1.165) is 6.26 Å². The molecule has 0 spiro atoms. The molecule has 0 atom stereocenters. The standard InChI is InChI=1S/C10H12F3NO2S/c1-17(15,16)4-2-3-14-10-6-8(12)7(11)5-9(10)13/h5-6,14H,2-4H2,1H3. The molecule has 0 unspecified atom stereocenters. The van der Waals surface area contributed by atoms with Crippen molar-refractivity contribution in [3.8, 4) is 0 Å². The Hall–Kier alpha value is -1.24. The Kier molecular flexibility index (Phi) is 4.39. The quantitative estimate of drug-likeness (QED) is 0.655. The highest BCUT2D eigenvalue weighted by Crippen LogP contribution is 2.18. The van der Waals surface area contributed by atoms with Gasteiger partial charge in [-0.3, -0.25) is 0 Å². The first kappa shape index (κ1) is 13.8. The van der Waals surface area contributed by atoms with Crippen LogP contribution in [-0.2, 0) is 9.84 Å². The molecule has 7 heteroatoms. The molecule has 17 heavy (non-hydrogen) atoms. The Morgan fingerprint density at radius 3 is 2.29 bits per heavy atom. The number of nitrogens with one attached hydrogen (secondary N) is 1. The maximum atomic E-state index is 13.1. The van der Waals surface area contributed by atoms with Gasteiger partial charge in [0.1, 0.15) is 15.7 Å². The van der Waals surface area contributed by atoms with Crippen LogP contribution in [0.1, 0.15) is 6.42 Å². The zero-order chi connectivity index (χ0) is 13.1. The number of hydrogen-bond donors (Lipinski definition) is 1. The van der Waals surface area contributed by atoms with Crippen LogP contribution >= 0.6 is 0 Å². The van der Waals surface area contributed by atoms with Gasteiger partial charge in [-0.1, -0.05) is 0 Å². The Balaban J connectivity index is 2.55. The number of rotatable bonds is 5. The summed E-state index contributed by atoms with van der Waals surface area (Å²) in [6.45, 7) is 0.162. The van der Waals surface area contributed by atoms with E-state index in [2.05, 4.69) is 5.32 Å². The molecule has 0 heterocycles. The molecule has 0 radical (unpaired) electrons. The second-order valence-electron chi connectivity index (χ2n) is 3.66. The van der Waals surface area contributed by atoms with Gasteiger partial charge in [0.05, 0.1) is 11.4 Å². The van der Waals surface area contributed by atoms with Crippen molar-refractivity contribution < 1.29 is 21.6 Å². The van der Waals surface area contributed by atoms with Gasteiger partial charge in [0.25, 0.3) is 0 Å². The van der Waals surface area contributed by atoms with Crippen LogP contribution in [-0.4, -0.2) is 27.0 Å². The SMILES string of the molecule is CS(=O)(=O)CCCNc1cc(F)c(F)cc1F. The van der Waals surface area contributed by atoms with Gasteiger partial charge in [-0.2, -0.15) is 0 Å². The first-order valence-corrected chi connectivity index (χ1v) is 6.92. The van der Waals surface area contributed by atoms with Crippen molar-refractivity contribution in [2.24, 2.45) is 0 Å². The summed E-state index contributed by atoms with van der Waals surface area (Å²) in [5, 5.41) is 2.51. The van der Waals surface area contributed by atoms with Crippen molar-refractivity contribution in [1.29, 1.82) is 0 Å². The smallest absolute Gasteiger partial charge is 0.161 e. The lowest BCUT2D eigenvalue weighted by Crippen LogP contribution is -2.10. The molecule has 0 bridgehead atoms. The minimum Gasteiger partial charge on any atom is -0.383 e. The first-order valence-electron chi connectivity index (χ1n) is 4.86. The van der Waals surface area contributed by atoms with E-state index in [0.29, 0.717) is 12.1 Å². The molecule has 0 aliphatic heterocycles. The number of benzene rings is 1. The van der Waals surface area contributed by atoms with Crippen molar-refractivity contribution in [1.82, 2.24) is 0 Å². The van der Waals surface area contributed by atoms with Crippen LogP contribution in [0.3, 0.4) is 0 Å². The lowest BCUT2D eigenvalue weighted by Gasteiger charge is -2.07. The predicted octanol–water partition coefficient (Wildman–Crippen LogP) is 1.95. The van der Waals surface area contributed by atoms with E-state index >= 15 is 0 Å². The molecule has 1 aromatic rings. The molecule has 0 aromatic heterocycles. The Bertz CT molecular complexity index is 503. The van der Waals surface area contributed by atoms with Crippen molar-refractivity contribution in [3.05, 3.63) is 29.6 Å². The fraction of sp³-hybridized carbons (Fsp3) is 0.400. The van der Waals surface area contributed by atoms with E-state index in [-0.39, 0.29) is 24.4 Å². The van der Waals surface area contributed by atoms with E-state index in [9.17, 15) is 21.6 Å². The van der Waals surface area contributed by atoms with Gasteiger partial charge < -0.3 is 5.32 Å². The summed E-state index contributed by atoms with van der Waals surface area (Å²) in [6.07, 6.45) is 1.35. The number of halogens is 3. The molecule has 96 valence electrons. The maximum absolute atomic E-state index is 13.1. The van der Waals surface area contributed by atoms with Crippen molar-refractivity contribution in [3.63, 3.8) is 0 Å². The van der Waals surface area contributed by atoms with E-state index in [1.165, 1.54) is 0 Å². The van der Waals surface area contributed by atoms with E-state index in [1.807, 2.05) is 0 Å². The van der Waals surface area contributed by atoms with Gasteiger partial charge in [0, 0.05) is 24.9 Å². The molecule has 0 saturated carbocycles. The molecule has 0 aliphatic carbocycles. The molecule has 0 aliphatic rings. The van der Waals surface area contributed by atoms with Crippen molar-refractivity contribution in [2.75, 3.05) is 23.9 Å². The molecule has 1 rings (SSSR count). The first-order chi connectivity index (χ1) is 7.79. The summed E-state index contributed by atoms with van der Waals surface area (Å²) in [7, 11) is -3.07. The lowest BCUT2D eigenvalue weighted by atomic mass is 10.2. The van der Waals surface area contributed by atoms with E-state index < -0.39 is 27.3 Å². The van der Waals surface area contributed by atoms with Gasteiger partial charge in [-0.05, 0) is 6.42 Å². The van der Waals surface area contributed by atoms with Crippen LogP contribution in [0.5, 0.6) is 0 Å². The molecule has 1 N–H and O–H groups in total. The van der Waals surface area contributed by atoms with Gasteiger partial charge in [0.15, 0.2) is 11.6 Å². The van der Waals surface area contributed by atoms with E-state index in [1.54, 1.807) is 0 Å². The monoisotopic (exact) mass is 267 g/mol. The molecular weight excluding hydrogens is 255 g/mol. The third-order valence-electron chi connectivity index (χ3n) is 2.02. The average molecular weight is 267 g/mol. The van der Waals surface area contributed by atoms with Gasteiger partial charge in [-0.25, -0.2) is 21.6 Å². The normalized spacial score (nSPS) is 11.5. The third kappa shape index (κ3) is 4.64. The molecule has 0 saturated heterocycles. The largest absolute Gasteiger partial charge is 0.383 e. The molecule has 0 amide bonds. The highest BCUT2D eigenvalue weighted by Gasteiger charge is 2.09. The van der Waals surface area contributed by atoms with Crippen LogP contribution in [0.4, 0.5) is 18.9 Å². The minimum atomic E-state index is -3.07. The summed E-state index contributed by atoms with van der Waals surface area (Å²) in [5.41, 5.74) is -0.183.